The molecule has 0 aliphatic rings. The summed E-state index contributed by atoms with van der Waals surface area (Å²) >= 11 is 0. The van der Waals surface area contributed by atoms with Crippen molar-refractivity contribution in [1.29, 1.82) is 0 Å². The van der Waals surface area contributed by atoms with Crippen LogP contribution in [-0.4, -0.2) is 46.2 Å². The lowest BCUT2D eigenvalue weighted by Crippen LogP contribution is -2.63. The van der Waals surface area contributed by atoms with E-state index in [9.17, 15) is 29.4 Å². The standard InChI is InChI=1S/C4H4O4.2C3H7NO2/c5-3(6)1-2-4(7)8;2*1-2(4)3(5)6/h1-2H,(H,5,6)(H,7,8);2*2H,4H2,1H3,(H,5,6)/b2-1-;;/t;2*2-/m.00/s1. The quantitative estimate of drug-likeness (QED) is 0.366. The van der Waals surface area contributed by atoms with Crippen LogP contribution in [0.2, 0.25) is 0 Å². The van der Waals surface area contributed by atoms with Gasteiger partial charge >= 0.3 is 11.9 Å². The largest absolute Gasteiger partial charge is 0.545 e. The Hall–Kier alpha value is -2.46. The minimum atomic E-state index is -1.55. The predicted octanol–water partition coefficient (Wildman–Crippen LogP) is -5.55. The van der Waals surface area contributed by atoms with Crippen molar-refractivity contribution in [1.82, 2.24) is 0 Å². The first-order valence-electron chi connectivity index (χ1n) is 5.13. The molecule has 10 heteroatoms. The zero-order valence-electron chi connectivity index (χ0n) is 11.1. The van der Waals surface area contributed by atoms with Gasteiger partial charge in [0, 0.05) is 0 Å². The molecule has 10 nitrogen and oxygen atoms in total. The molecule has 0 bridgehead atoms. The number of hydrogen-bond acceptors (Lipinski definition) is 6. The highest BCUT2D eigenvalue weighted by atomic mass is 16.4. The highest BCUT2D eigenvalue weighted by molar-refractivity contribution is 5.87. The van der Waals surface area contributed by atoms with Gasteiger partial charge in [0.1, 0.15) is 0 Å². The van der Waals surface area contributed by atoms with E-state index in [2.05, 4.69) is 11.5 Å². The second-order valence-corrected chi connectivity index (χ2v) is 3.45. The molecule has 20 heavy (non-hydrogen) atoms. The van der Waals surface area contributed by atoms with Gasteiger partial charge in [0.25, 0.3) is 0 Å². The van der Waals surface area contributed by atoms with Crippen molar-refractivity contribution in [3.05, 3.63) is 12.2 Å². The van der Waals surface area contributed by atoms with E-state index >= 15 is 0 Å². The van der Waals surface area contributed by atoms with Crippen molar-refractivity contribution in [2.45, 2.75) is 25.9 Å². The lowest BCUT2D eigenvalue weighted by molar-refractivity contribution is -0.402. The Bertz CT molecular complexity index is 328. The molecule has 0 radical (unpaired) electrons. The average molecular weight is 294 g/mol. The van der Waals surface area contributed by atoms with Gasteiger partial charge in [0.05, 0.1) is 11.9 Å². The van der Waals surface area contributed by atoms with E-state index in [4.69, 9.17) is 10.2 Å². The van der Waals surface area contributed by atoms with Gasteiger partial charge in [-0.15, -0.1) is 0 Å². The Morgan fingerprint density at radius 2 is 1.00 bits per heavy atom. The van der Waals surface area contributed by atoms with Gasteiger partial charge in [-0.25, -0.2) is 9.59 Å². The van der Waals surface area contributed by atoms with Gasteiger partial charge in [-0.05, 0) is 26.0 Å². The Morgan fingerprint density at radius 1 is 0.850 bits per heavy atom. The number of carbonyl (C=O) groups is 4. The third-order valence-electron chi connectivity index (χ3n) is 1.20. The van der Waals surface area contributed by atoms with E-state index in [1.807, 2.05) is 0 Å². The third kappa shape index (κ3) is 29.6. The van der Waals surface area contributed by atoms with Gasteiger partial charge in [0.2, 0.25) is 0 Å². The molecule has 0 aliphatic carbocycles. The van der Waals surface area contributed by atoms with Crippen LogP contribution in [0.1, 0.15) is 13.8 Å². The molecule has 8 N–H and O–H groups in total. The summed E-state index contributed by atoms with van der Waals surface area (Å²) in [5.41, 5.74) is 6.48. The first kappa shape index (κ1) is 22.7. The maximum absolute atomic E-state index is 9.64. The lowest BCUT2D eigenvalue weighted by Gasteiger charge is -1.90. The van der Waals surface area contributed by atoms with Gasteiger partial charge < -0.3 is 41.5 Å². The van der Waals surface area contributed by atoms with Crippen molar-refractivity contribution in [3.8, 4) is 0 Å². The maximum Gasteiger partial charge on any atom is 0.362 e. The van der Waals surface area contributed by atoms with Gasteiger partial charge in [-0.3, -0.25) is 0 Å². The molecule has 0 saturated carbocycles. The molecule has 0 heterocycles. The molecule has 0 saturated heterocycles. The fourth-order valence-corrected chi connectivity index (χ4v) is 0.136. The smallest absolute Gasteiger partial charge is 0.362 e. The summed E-state index contributed by atoms with van der Waals surface area (Å²) < 4.78 is 0. The maximum atomic E-state index is 9.64. The van der Waals surface area contributed by atoms with Crippen LogP contribution in [0, 0.1) is 0 Å². The Morgan fingerprint density at radius 3 is 1.05 bits per heavy atom. The number of carboxylic acids is 4. The second kappa shape index (κ2) is 13.0. The fraction of sp³-hybridized carbons (Fsp3) is 0.400. The Labute approximate surface area is 114 Å². The molecule has 0 aromatic rings. The lowest BCUT2D eigenvalue weighted by atomic mass is 10.4. The van der Waals surface area contributed by atoms with Crippen molar-refractivity contribution in [2.75, 3.05) is 0 Å². The number of hydrogen-bond donors (Lipinski definition) is 4. The summed E-state index contributed by atoms with van der Waals surface area (Å²) in [5.74, 6) is -4.80. The molecule has 0 aromatic heterocycles. The molecule has 0 amide bonds. The first-order valence-corrected chi connectivity index (χ1v) is 5.13. The van der Waals surface area contributed by atoms with Crippen molar-refractivity contribution in [3.63, 3.8) is 0 Å². The molecule has 0 unspecified atom stereocenters. The van der Waals surface area contributed by atoms with Crippen LogP contribution >= 0.6 is 0 Å². The second-order valence-electron chi connectivity index (χ2n) is 3.45. The molecule has 0 aromatic carbocycles. The monoisotopic (exact) mass is 294 g/mol. The number of carbonyl (C=O) groups excluding carboxylic acids is 2. The zero-order chi connectivity index (χ0) is 16.9. The number of carboxylic acid groups (broad SMARTS) is 4. The minimum absolute atomic E-state index is 0.384. The summed E-state index contributed by atoms with van der Waals surface area (Å²) in [6, 6.07) is -0.963. The van der Waals surface area contributed by atoms with Crippen molar-refractivity contribution < 1.29 is 51.1 Å². The van der Waals surface area contributed by atoms with Crippen LogP contribution in [0.4, 0.5) is 0 Å². The minimum Gasteiger partial charge on any atom is -0.545 e. The van der Waals surface area contributed by atoms with Crippen LogP contribution in [0.3, 0.4) is 0 Å². The summed E-state index contributed by atoms with van der Waals surface area (Å²) in [6.07, 6.45) is 0.769. The number of quaternary nitrogens is 2. The molecule has 0 spiro atoms. The van der Waals surface area contributed by atoms with Crippen molar-refractivity contribution in [2.24, 2.45) is 0 Å². The highest BCUT2D eigenvalue weighted by Gasteiger charge is 2.04. The molecule has 0 aliphatic heterocycles. The van der Waals surface area contributed by atoms with E-state index in [1.54, 1.807) is 0 Å². The molecule has 0 fully saturated rings. The summed E-state index contributed by atoms with van der Waals surface area (Å²) in [7, 11) is 0. The summed E-state index contributed by atoms with van der Waals surface area (Å²) in [4.78, 5) is 38.1. The van der Waals surface area contributed by atoms with Crippen LogP contribution in [0.5, 0.6) is 0 Å². The van der Waals surface area contributed by atoms with Gasteiger partial charge in [-0.1, -0.05) is 0 Å². The van der Waals surface area contributed by atoms with Crippen LogP contribution in [0.15, 0.2) is 12.2 Å². The Kier molecular flexibility index (Phi) is 14.7. The predicted molar refractivity (Wildman–Crippen MR) is 59.1 cm³/mol. The molecular weight excluding hydrogens is 276 g/mol. The molecule has 116 valence electrons. The topological polar surface area (TPSA) is 210 Å². The zero-order valence-corrected chi connectivity index (χ0v) is 11.1. The third-order valence-corrected chi connectivity index (χ3v) is 1.20. The SMILES string of the molecule is C[C@H]([NH3+])C(=O)O.C[C@H]([NH3+])C(=O)O.O=C([O-])/C=C\C(=O)[O-]. The van der Waals surface area contributed by atoms with Crippen LogP contribution in [0.25, 0.3) is 0 Å². The van der Waals surface area contributed by atoms with E-state index in [0.717, 1.165) is 0 Å². The van der Waals surface area contributed by atoms with Crippen molar-refractivity contribution >= 4 is 23.9 Å². The van der Waals surface area contributed by atoms with E-state index in [-0.39, 0.29) is 0 Å². The summed E-state index contributed by atoms with van der Waals surface area (Å²) in [5, 5.41) is 34.7. The van der Waals surface area contributed by atoms with Crippen LogP contribution in [-0.2, 0) is 19.2 Å². The van der Waals surface area contributed by atoms with E-state index in [0.29, 0.717) is 12.2 Å². The highest BCUT2D eigenvalue weighted by Crippen LogP contribution is 1.65. The van der Waals surface area contributed by atoms with E-state index < -0.39 is 36.0 Å². The number of aliphatic carboxylic acids is 4. The average Bonchev–Trinajstić information content (AvgIpc) is 2.27. The normalized spacial score (nSPS) is 12.0. The fourth-order valence-electron chi connectivity index (χ4n) is 0.136. The number of rotatable bonds is 4. The van der Waals surface area contributed by atoms with Gasteiger partial charge in [-0.2, -0.15) is 0 Å². The Balaban J connectivity index is -0.000000221. The molecule has 2 atom stereocenters. The van der Waals surface area contributed by atoms with Crippen LogP contribution < -0.4 is 21.7 Å². The van der Waals surface area contributed by atoms with Gasteiger partial charge in [0.15, 0.2) is 12.1 Å². The first-order chi connectivity index (χ1) is 8.91. The summed E-state index contributed by atoms with van der Waals surface area (Å²) in [6.45, 7) is 3.06. The molecular formula is C10H18N2O8. The molecule has 0 rings (SSSR count). The van der Waals surface area contributed by atoms with E-state index in [1.165, 1.54) is 13.8 Å².